The summed E-state index contributed by atoms with van der Waals surface area (Å²) in [5.74, 6) is -0.143. The Morgan fingerprint density at radius 3 is 2.64 bits per heavy atom. The van der Waals surface area contributed by atoms with Crippen molar-refractivity contribution in [3.8, 4) is 0 Å². The Morgan fingerprint density at radius 1 is 1.20 bits per heavy atom. The Labute approximate surface area is 149 Å². The van der Waals surface area contributed by atoms with Crippen LogP contribution in [0.3, 0.4) is 0 Å². The molecule has 1 heterocycles. The maximum Gasteiger partial charge on any atom is 0.225 e. The Hall–Kier alpha value is -2.38. The molecule has 3 rings (SSSR count). The number of carbonyl (C=O) groups is 1. The lowest BCUT2D eigenvalue weighted by Crippen LogP contribution is -2.17. The van der Waals surface area contributed by atoms with E-state index in [0.29, 0.717) is 27.7 Å². The van der Waals surface area contributed by atoms with Gasteiger partial charge in [0, 0.05) is 24.1 Å². The normalized spacial score (nSPS) is 11.6. The van der Waals surface area contributed by atoms with Crippen LogP contribution < -0.4 is 5.32 Å². The van der Waals surface area contributed by atoms with Crippen molar-refractivity contribution in [2.75, 3.05) is 11.1 Å². The molecule has 0 unspecified atom stereocenters. The van der Waals surface area contributed by atoms with Crippen LogP contribution in [0.4, 0.5) is 5.69 Å². The first-order valence-corrected chi connectivity index (χ1v) is 9.52. The first-order chi connectivity index (χ1) is 11.8. The molecule has 25 heavy (non-hydrogen) atoms. The zero-order chi connectivity index (χ0) is 18.0. The van der Waals surface area contributed by atoms with Crippen molar-refractivity contribution in [2.24, 2.45) is 0 Å². The van der Waals surface area contributed by atoms with Gasteiger partial charge in [-0.3, -0.25) is 4.79 Å². The van der Waals surface area contributed by atoms with Crippen LogP contribution in [0, 0.1) is 6.92 Å². The summed E-state index contributed by atoms with van der Waals surface area (Å²) in [6, 6.07) is 10.9. The number of hydrogen-bond acceptors (Lipinski definition) is 5. The van der Waals surface area contributed by atoms with E-state index in [0.717, 1.165) is 0 Å². The number of halogens is 1. The molecule has 6 nitrogen and oxygen atoms in total. The van der Waals surface area contributed by atoms with Gasteiger partial charge in [0.05, 0.1) is 10.6 Å². The van der Waals surface area contributed by atoms with Crippen LogP contribution >= 0.6 is 11.6 Å². The van der Waals surface area contributed by atoms with E-state index in [4.69, 9.17) is 16.0 Å². The van der Waals surface area contributed by atoms with E-state index in [2.05, 4.69) is 10.3 Å². The number of nitrogens with one attached hydrogen (secondary N) is 1. The van der Waals surface area contributed by atoms with Gasteiger partial charge in [0.15, 0.2) is 21.3 Å². The monoisotopic (exact) mass is 378 g/mol. The number of amides is 1. The molecule has 0 saturated heterocycles. The summed E-state index contributed by atoms with van der Waals surface area (Å²) in [6.07, 6.45) is -0.152. The van der Waals surface area contributed by atoms with Crippen molar-refractivity contribution < 1.29 is 17.6 Å². The number of aryl methyl sites for hydroxylation is 1. The third-order valence-electron chi connectivity index (χ3n) is 3.55. The third-order valence-corrected chi connectivity index (χ3v) is 5.53. The van der Waals surface area contributed by atoms with Crippen molar-refractivity contribution >= 4 is 44.1 Å². The number of hydrogen-bond donors (Lipinski definition) is 1. The minimum Gasteiger partial charge on any atom is -0.441 e. The molecule has 1 N–H and O–H groups in total. The predicted octanol–water partition coefficient (Wildman–Crippen LogP) is 3.59. The van der Waals surface area contributed by atoms with Crippen LogP contribution in [0.25, 0.3) is 11.1 Å². The summed E-state index contributed by atoms with van der Waals surface area (Å²) >= 11 is 5.75. The minimum absolute atomic E-state index is 0.143. The molecule has 1 aromatic heterocycles. The highest BCUT2D eigenvalue weighted by Gasteiger charge is 2.16. The second-order valence-corrected chi connectivity index (χ2v) is 8.03. The Kier molecular flexibility index (Phi) is 4.78. The van der Waals surface area contributed by atoms with Crippen molar-refractivity contribution in [2.45, 2.75) is 18.2 Å². The standard InChI is InChI=1S/C17H15ClN2O4S/c1-11-19-15-10-13(4-7-16(15)24-11)20-17(21)8-9-25(22,23)14-5-2-12(18)3-6-14/h2-7,10H,8-9H2,1H3,(H,20,21). The van der Waals surface area contributed by atoms with Gasteiger partial charge in [0.2, 0.25) is 5.91 Å². The highest BCUT2D eigenvalue weighted by molar-refractivity contribution is 7.91. The van der Waals surface area contributed by atoms with Gasteiger partial charge in [0.25, 0.3) is 0 Å². The number of benzene rings is 2. The predicted molar refractivity (Wildman–Crippen MR) is 95.5 cm³/mol. The van der Waals surface area contributed by atoms with Gasteiger partial charge in [0.1, 0.15) is 5.52 Å². The maximum absolute atomic E-state index is 12.2. The smallest absolute Gasteiger partial charge is 0.225 e. The first-order valence-electron chi connectivity index (χ1n) is 7.49. The molecule has 0 bridgehead atoms. The number of anilines is 1. The first kappa shape index (κ1) is 17.4. The summed E-state index contributed by atoms with van der Waals surface area (Å²) in [5.41, 5.74) is 1.79. The summed E-state index contributed by atoms with van der Waals surface area (Å²) < 4.78 is 29.8. The molecule has 0 fully saturated rings. The molecule has 2 aromatic carbocycles. The Balaban J connectivity index is 1.64. The molecule has 0 atom stereocenters. The van der Waals surface area contributed by atoms with Crippen molar-refractivity contribution in [1.82, 2.24) is 4.98 Å². The van der Waals surface area contributed by atoms with E-state index in [9.17, 15) is 13.2 Å². The van der Waals surface area contributed by atoms with Gasteiger partial charge in [-0.1, -0.05) is 11.6 Å². The van der Waals surface area contributed by atoms with Crippen LogP contribution in [-0.4, -0.2) is 25.1 Å². The zero-order valence-electron chi connectivity index (χ0n) is 13.3. The summed E-state index contributed by atoms with van der Waals surface area (Å²) in [4.78, 5) is 16.4. The Bertz CT molecular complexity index is 1030. The molecule has 0 aliphatic carbocycles. The van der Waals surface area contributed by atoms with E-state index in [1.54, 1.807) is 25.1 Å². The topological polar surface area (TPSA) is 89.3 Å². The van der Waals surface area contributed by atoms with Gasteiger partial charge in [-0.15, -0.1) is 0 Å². The van der Waals surface area contributed by atoms with Crippen LogP contribution in [0.15, 0.2) is 51.8 Å². The molecule has 0 radical (unpaired) electrons. The molecule has 3 aromatic rings. The number of aromatic nitrogens is 1. The van der Waals surface area contributed by atoms with E-state index < -0.39 is 15.7 Å². The second-order valence-electron chi connectivity index (χ2n) is 5.49. The molecular formula is C17H15ClN2O4S. The fourth-order valence-corrected chi connectivity index (χ4v) is 3.70. The van der Waals surface area contributed by atoms with Crippen molar-refractivity contribution in [3.63, 3.8) is 0 Å². The lowest BCUT2D eigenvalue weighted by atomic mass is 10.3. The average molecular weight is 379 g/mol. The van der Waals surface area contributed by atoms with Crippen LogP contribution in [0.5, 0.6) is 0 Å². The maximum atomic E-state index is 12.2. The van der Waals surface area contributed by atoms with Crippen LogP contribution in [0.2, 0.25) is 5.02 Å². The van der Waals surface area contributed by atoms with Crippen molar-refractivity contribution in [1.29, 1.82) is 0 Å². The minimum atomic E-state index is -3.54. The summed E-state index contributed by atoms with van der Waals surface area (Å²) in [7, 11) is -3.54. The van der Waals surface area contributed by atoms with Gasteiger partial charge in [-0.25, -0.2) is 13.4 Å². The zero-order valence-corrected chi connectivity index (χ0v) is 14.9. The van der Waals surface area contributed by atoms with Gasteiger partial charge in [-0.2, -0.15) is 0 Å². The van der Waals surface area contributed by atoms with Crippen molar-refractivity contribution in [3.05, 3.63) is 53.4 Å². The molecule has 130 valence electrons. The van der Waals surface area contributed by atoms with E-state index >= 15 is 0 Å². The molecule has 0 aliphatic rings. The number of oxazole rings is 1. The molecular weight excluding hydrogens is 364 g/mol. The summed E-state index contributed by atoms with van der Waals surface area (Å²) in [5, 5.41) is 3.12. The number of fused-ring (bicyclic) bond motifs is 1. The number of sulfone groups is 1. The van der Waals surface area contributed by atoms with E-state index in [1.165, 1.54) is 24.3 Å². The van der Waals surface area contributed by atoms with E-state index in [1.807, 2.05) is 0 Å². The second kappa shape index (κ2) is 6.85. The molecule has 0 spiro atoms. The molecule has 0 saturated carbocycles. The quantitative estimate of drug-likeness (QED) is 0.732. The fourth-order valence-electron chi connectivity index (χ4n) is 2.33. The summed E-state index contributed by atoms with van der Waals surface area (Å²) in [6.45, 7) is 1.74. The fraction of sp³-hybridized carbons (Fsp3) is 0.176. The lowest BCUT2D eigenvalue weighted by molar-refractivity contribution is -0.115. The molecule has 1 amide bonds. The lowest BCUT2D eigenvalue weighted by Gasteiger charge is -2.06. The van der Waals surface area contributed by atoms with Gasteiger partial charge < -0.3 is 9.73 Å². The van der Waals surface area contributed by atoms with Crippen LogP contribution in [-0.2, 0) is 14.6 Å². The SMILES string of the molecule is Cc1nc2cc(NC(=O)CCS(=O)(=O)c3ccc(Cl)cc3)ccc2o1. The number of rotatable bonds is 5. The number of nitrogens with zero attached hydrogens (tertiary/aromatic N) is 1. The Morgan fingerprint density at radius 2 is 1.92 bits per heavy atom. The average Bonchev–Trinajstić information content (AvgIpc) is 2.93. The molecule has 0 aliphatic heterocycles. The molecule has 8 heteroatoms. The van der Waals surface area contributed by atoms with Crippen LogP contribution in [0.1, 0.15) is 12.3 Å². The largest absolute Gasteiger partial charge is 0.441 e. The van der Waals surface area contributed by atoms with E-state index in [-0.39, 0.29) is 17.1 Å². The highest BCUT2D eigenvalue weighted by Crippen LogP contribution is 2.20. The number of carbonyl (C=O) groups excluding carboxylic acids is 1. The third kappa shape index (κ3) is 4.18. The highest BCUT2D eigenvalue weighted by atomic mass is 35.5. The van der Waals surface area contributed by atoms with Gasteiger partial charge in [-0.05, 0) is 42.5 Å². The van der Waals surface area contributed by atoms with Gasteiger partial charge >= 0.3 is 0 Å².